The fourth-order valence-electron chi connectivity index (χ4n) is 1.87. The molecule has 0 bridgehead atoms. The summed E-state index contributed by atoms with van der Waals surface area (Å²) < 4.78 is 15.2. The molecule has 2 N–H and O–H groups in total. The Kier molecular flexibility index (Phi) is 4.20. The highest BCUT2D eigenvalue weighted by Gasteiger charge is 2.15. The van der Waals surface area contributed by atoms with Gasteiger partial charge in [0.25, 0.3) is 0 Å². The van der Waals surface area contributed by atoms with Gasteiger partial charge in [0, 0.05) is 8.95 Å². The number of hydrogen-bond acceptors (Lipinski definition) is 1. The van der Waals surface area contributed by atoms with Crippen molar-refractivity contribution in [3.05, 3.63) is 67.9 Å². The van der Waals surface area contributed by atoms with Crippen LogP contribution in [0, 0.1) is 12.7 Å². The normalized spacial score (nSPS) is 12.5. The van der Waals surface area contributed by atoms with Crippen molar-refractivity contribution in [1.82, 2.24) is 0 Å². The van der Waals surface area contributed by atoms with E-state index in [2.05, 4.69) is 31.9 Å². The average molecular weight is 373 g/mol. The fraction of sp³-hybridized carbons (Fsp3) is 0.143. The van der Waals surface area contributed by atoms with Gasteiger partial charge in [0.1, 0.15) is 5.82 Å². The maximum Gasteiger partial charge on any atom is 0.123 e. The molecule has 0 radical (unpaired) electrons. The Balaban J connectivity index is 2.47. The van der Waals surface area contributed by atoms with Crippen molar-refractivity contribution >= 4 is 31.9 Å². The minimum Gasteiger partial charge on any atom is -0.320 e. The molecule has 1 nitrogen and oxygen atoms in total. The molecule has 0 aliphatic carbocycles. The molecule has 0 amide bonds. The fourth-order valence-corrected chi connectivity index (χ4v) is 3.16. The van der Waals surface area contributed by atoms with E-state index in [1.165, 1.54) is 12.1 Å². The van der Waals surface area contributed by atoms with Crippen molar-refractivity contribution in [3.8, 4) is 0 Å². The first-order valence-corrected chi connectivity index (χ1v) is 7.04. The summed E-state index contributed by atoms with van der Waals surface area (Å²) in [5.41, 5.74) is 8.95. The summed E-state index contributed by atoms with van der Waals surface area (Å²) in [7, 11) is 0. The molecule has 0 aliphatic heterocycles. The zero-order valence-electron chi connectivity index (χ0n) is 9.75. The Hall–Kier alpha value is -0.710. The molecule has 1 unspecified atom stereocenters. The Morgan fingerprint density at radius 3 is 2.44 bits per heavy atom. The largest absolute Gasteiger partial charge is 0.320 e. The maximum atomic E-state index is 13.3. The van der Waals surface area contributed by atoms with Crippen molar-refractivity contribution in [2.75, 3.05) is 0 Å². The molecule has 18 heavy (non-hydrogen) atoms. The van der Waals surface area contributed by atoms with Gasteiger partial charge in [-0.25, -0.2) is 4.39 Å². The lowest BCUT2D eigenvalue weighted by atomic mass is 9.96. The molecule has 0 aromatic heterocycles. The van der Waals surface area contributed by atoms with Gasteiger partial charge in [0.05, 0.1) is 6.04 Å². The van der Waals surface area contributed by atoms with E-state index >= 15 is 0 Å². The lowest BCUT2D eigenvalue weighted by Gasteiger charge is -2.17. The number of aryl methyl sites for hydroxylation is 1. The molecule has 2 aromatic rings. The van der Waals surface area contributed by atoms with Crippen LogP contribution < -0.4 is 5.73 Å². The summed E-state index contributed by atoms with van der Waals surface area (Å²) in [6, 6.07) is 10.1. The van der Waals surface area contributed by atoms with Crippen LogP contribution in [0.3, 0.4) is 0 Å². The van der Waals surface area contributed by atoms with Gasteiger partial charge < -0.3 is 5.73 Å². The maximum absolute atomic E-state index is 13.3. The Morgan fingerprint density at radius 1 is 1.06 bits per heavy atom. The predicted octanol–water partition coefficient (Wildman–Crippen LogP) is 4.71. The minimum absolute atomic E-state index is 0.265. The second kappa shape index (κ2) is 5.51. The van der Waals surface area contributed by atoms with Gasteiger partial charge in [-0.05, 0) is 47.9 Å². The molecule has 4 heteroatoms. The third-order valence-electron chi connectivity index (χ3n) is 2.87. The molecule has 2 rings (SSSR count). The Bertz CT molecular complexity index is 584. The Labute approximate surface area is 122 Å². The molecule has 2 aromatic carbocycles. The molecule has 0 spiro atoms. The molecular formula is C14H12Br2FN. The second-order valence-corrected chi connectivity index (χ2v) is 5.91. The number of hydrogen-bond donors (Lipinski definition) is 1. The smallest absolute Gasteiger partial charge is 0.123 e. The second-order valence-electron chi connectivity index (χ2n) is 4.14. The lowest BCUT2D eigenvalue weighted by Crippen LogP contribution is -2.14. The van der Waals surface area contributed by atoms with Crippen molar-refractivity contribution in [1.29, 1.82) is 0 Å². The third kappa shape index (κ3) is 2.82. The van der Waals surface area contributed by atoms with Crippen LogP contribution in [0.1, 0.15) is 22.7 Å². The highest BCUT2D eigenvalue weighted by atomic mass is 79.9. The number of halogens is 3. The third-order valence-corrected chi connectivity index (χ3v) is 4.05. The topological polar surface area (TPSA) is 26.0 Å². The molecule has 0 fully saturated rings. The highest BCUT2D eigenvalue weighted by molar-refractivity contribution is 9.11. The van der Waals surface area contributed by atoms with Crippen LogP contribution >= 0.6 is 31.9 Å². The summed E-state index contributed by atoms with van der Waals surface area (Å²) in [6.45, 7) is 1.93. The molecule has 1 atom stereocenters. The summed E-state index contributed by atoms with van der Waals surface area (Å²) >= 11 is 6.88. The summed E-state index contributed by atoms with van der Waals surface area (Å²) in [5.74, 6) is -0.265. The first kappa shape index (κ1) is 13.7. The van der Waals surface area contributed by atoms with Crippen LogP contribution in [-0.4, -0.2) is 0 Å². The number of nitrogens with two attached hydrogens (primary N) is 1. The highest BCUT2D eigenvalue weighted by Crippen LogP contribution is 2.30. The first-order valence-electron chi connectivity index (χ1n) is 5.45. The summed E-state index contributed by atoms with van der Waals surface area (Å²) in [6.07, 6.45) is 0. The van der Waals surface area contributed by atoms with Gasteiger partial charge in [-0.2, -0.15) is 0 Å². The van der Waals surface area contributed by atoms with Crippen LogP contribution in [0.25, 0.3) is 0 Å². The van der Waals surface area contributed by atoms with E-state index in [0.717, 1.165) is 25.6 Å². The van der Waals surface area contributed by atoms with Gasteiger partial charge in [-0.1, -0.05) is 44.0 Å². The van der Waals surface area contributed by atoms with E-state index in [-0.39, 0.29) is 11.9 Å². The van der Waals surface area contributed by atoms with E-state index in [9.17, 15) is 4.39 Å². The van der Waals surface area contributed by atoms with Gasteiger partial charge in [-0.15, -0.1) is 0 Å². The average Bonchev–Trinajstić information content (AvgIpc) is 2.31. The van der Waals surface area contributed by atoms with Crippen molar-refractivity contribution in [2.24, 2.45) is 5.73 Å². The van der Waals surface area contributed by atoms with E-state index in [4.69, 9.17) is 5.73 Å². The van der Waals surface area contributed by atoms with Crippen LogP contribution in [-0.2, 0) is 0 Å². The van der Waals surface area contributed by atoms with Crippen LogP contribution in [0.5, 0.6) is 0 Å². The van der Waals surface area contributed by atoms with Gasteiger partial charge in [0.15, 0.2) is 0 Å². The monoisotopic (exact) mass is 371 g/mol. The molecule has 0 aliphatic rings. The molecule has 0 saturated carbocycles. The number of rotatable bonds is 2. The molecule has 94 valence electrons. The van der Waals surface area contributed by atoms with Crippen LogP contribution in [0.4, 0.5) is 4.39 Å². The van der Waals surface area contributed by atoms with Gasteiger partial charge in [0.2, 0.25) is 0 Å². The zero-order valence-corrected chi connectivity index (χ0v) is 12.9. The van der Waals surface area contributed by atoms with E-state index in [0.29, 0.717) is 0 Å². The summed E-state index contributed by atoms with van der Waals surface area (Å²) in [4.78, 5) is 0. The van der Waals surface area contributed by atoms with E-state index in [1.807, 2.05) is 25.1 Å². The van der Waals surface area contributed by atoms with Crippen molar-refractivity contribution < 1.29 is 4.39 Å². The van der Waals surface area contributed by atoms with Crippen LogP contribution in [0.2, 0.25) is 0 Å². The van der Waals surface area contributed by atoms with Gasteiger partial charge >= 0.3 is 0 Å². The van der Waals surface area contributed by atoms with E-state index < -0.39 is 0 Å². The Morgan fingerprint density at radius 2 is 1.78 bits per heavy atom. The minimum atomic E-state index is -0.344. The quantitative estimate of drug-likeness (QED) is 0.811. The standard InChI is InChI=1S/C14H12Br2FN/c1-8-2-4-10(17)7-12(8)14(18)11-5-3-9(15)6-13(11)16/h2-7,14H,18H2,1H3. The molecular weight excluding hydrogens is 361 g/mol. The van der Waals surface area contributed by atoms with Crippen molar-refractivity contribution in [3.63, 3.8) is 0 Å². The summed E-state index contributed by atoms with van der Waals surface area (Å²) in [5, 5.41) is 0. The molecule has 0 saturated heterocycles. The van der Waals surface area contributed by atoms with Crippen LogP contribution in [0.15, 0.2) is 45.3 Å². The SMILES string of the molecule is Cc1ccc(F)cc1C(N)c1ccc(Br)cc1Br. The van der Waals surface area contributed by atoms with Crippen molar-refractivity contribution in [2.45, 2.75) is 13.0 Å². The molecule has 0 heterocycles. The number of benzene rings is 2. The van der Waals surface area contributed by atoms with Gasteiger partial charge in [-0.3, -0.25) is 0 Å². The lowest BCUT2D eigenvalue weighted by molar-refractivity contribution is 0.622. The zero-order chi connectivity index (χ0) is 13.3. The predicted molar refractivity (Wildman–Crippen MR) is 79.0 cm³/mol. The van der Waals surface area contributed by atoms with E-state index in [1.54, 1.807) is 6.07 Å². The first-order chi connectivity index (χ1) is 8.49.